The zero-order valence-corrected chi connectivity index (χ0v) is 14.1. The number of rotatable bonds is 6. The van der Waals surface area contributed by atoms with Gasteiger partial charge in [-0.2, -0.15) is 0 Å². The molecule has 1 heterocycles. The van der Waals surface area contributed by atoms with Crippen LogP contribution in [-0.2, 0) is 6.42 Å². The molecule has 0 aliphatic rings. The molecule has 2 aromatic rings. The van der Waals surface area contributed by atoms with Gasteiger partial charge in [0.05, 0.1) is 6.10 Å². The van der Waals surface area contributed by atoms with E-state index in [1.165, 1.54) is 10.9 Å². The SMILES string of the molecule is CC(C)(C)C(O)CNC(=O)NCCCc1c[nH]c2ccccc12. The fourth-order valence-corrected chi connectivity index (χ4v) is 2.38. The summed E-state index contributed by atoms with van der Waals surface area (Å²) in [6, 6.07) is 7.99. The first-order chi connectivity index (χ1) is 10.9. The number of carbonyl (C=O) groups is 1. The largest absolute Gasteiger partial charge is 0.391 e. The summed E-state index contributed by atoms with van der Waals surface area (Å²) in [6.45, 7) is 6.70. The molecule has 2 amide bonds. The smallest absolute Gasteiger partial charge is 0.314 e. The lowest BCUT2D eigenvalue weighted by Gasteiger charge is -2.25. The molecule has 0 fully saturated rings. The van der Waals surface area contributed by atoms with Gasteiger partial charge < -0.3 is 20.7 Å². The highest BCUT2D eigenvalue weighted by atomic mass is 16.3. The number of hydrogen-bond donors (Lipinski definition) is 4. The zero-order valence-electron chi connectivity index (χ0n) is 14.1. The maximum atomic E-state index is 11.7. The monoisotopic (exact) mass is 317 g/mol. The topological polar surface area (TPSA) is 77.2 Å². The second-order valence-electron chi connectivity index (χ2n) is 6.98. The standard InChI is InChI=1S/C18H27N3O2/c1-18(2,3)16(22)12-21-17(23)19-10-6-7-13-11-20-15-9-5-4-8-14(13)15/h4-5,8-9,11,16,20,22H,6-7,10,12H2,1-3H3,(H2,19,21,23). The van der Waals surface area contributed by atoms with Gasteiger partial charge in [0.25, 0.3) is 0 Å². The van der Waals surface area contributed by atoms with Crippen LogP contribution in [0.1, 0.15) is 32.8 Å². The van der Waals surface area contributed by atoms with Crippen molar-refractivity contribution in [3.05, 3.63) is 36.0 Å². The maximum absolute atomic E-state index is 11.7. The number of aromatic nitrogens is 1. The molecule has 0 saturated carbocycles. The Hall–Kier alpha value is -2.01. The van der Waals surface area contributed by atoms with Gasteiger partial charge in [-0.15, -0.1) is 0 Å². The molecule has 126 valence electrons. The Kier molecular flexibility index (Phi) is 5.66. The van der Waals surface area contributed by atoms with E-state index in [0.29, 0.717) is 6.54 Å². The second-order valence-corrected chi connectivity index (χ2v) is 6.98. The van der Waals surface area contributed by atoms with Crippen LogP contribution in [0.5, 0.6) is 0 Å². The maximum Gasteiger partial charge on any atom is 0.314 e. The van der Waals surface area contributed by atoms with Gasteiger partial charge in [0.1, 0.15) is 0 Å². The number of para-hydroxylation sites is 1. The lowest BCUT2D eigenvalue weighted by atomic mass is 9.89. The van der Waals surface area contributed by atoms with E-state index in [0.717, 1.165) is 18.4 Å². The van der Waals surface area contributed by atoms with Crippen molar-refractivity contribution in [2.45, 2.75) is 39.7 Å². The Balaban J connectivity index is 1.68. The summed E-state index contributed by atoms with van der Waals surface area (Å²) in [5.41, 5.74) is 2.18. The molecule has 5 nitrogen and oxygen atoms in total. The number of nitrogens with one attached hydrogen (secondary N) is 3. The Morgan fingerprint density at radius 3 is 2.74 bits per heavy atom. The Morgan fingerprint density at radius 2 is 2.00 bits per heavy atom. The third-order valence-electron chi connectivity index (χ3n) is 4.04. The van der Waals surface area contributed by atoms with E-state index in [9.17, 15) is 9.90 Å². The number of aliphatic hydroxyl groups is 1. The number of urea groups is 1. The highest BCUT2D eigenvalue weighted by Gasteiger charge is 2.22. The lowest BCUT2D eigenvalue weighted by molar-refractivity contribution is 0.0650. The predicted octanol–water partition coefficient (Wildman–Crippen LogP) is 2.81. The Bertz CT molecular complexity index is 643. The van der Waals surface area contributed by atoms with Gasteiger partial charge in [-0.25, -0.2) is 4.79 Å². The van der Waals surface area contributed by atoms with Crippen molar-refractivity contribution in [2.24, 2.45) is 5.41 Å². The Morgan fingerprint density at radius 1 is 1.26 bits per heavy atom. The van der Waals surface area contributed by atoms with Crippen LogP contribution in [0.2, 0.25) is 0 Å². The van der Waals surface area contributed by atoms with Crippen molar-refractivity contribution in [1.82, 2.24) is 15.6 Å². The number of benzene rings is 1. The minimum absolute atomic E-state index is 0.229. The van der Waals surface area contributed by atoms with Gasteiger partial charge in [0, 0.05) is 30.2 Å². The van der Waals surface area contributed by atoms with Crippen LogP contribution in [0.4, 0.5) is 4.79 Å². The quantitative estimate of drug-likeness (QED) is 0.618. The summed E-state index contributed by atoms with van der Waals surface area (Å²) in [6.07, 6.45) is 3.26. The van der Waals surface area contributed by atoms with Crippen molar-refractivity contribution < 1.29 is 9.90 Å². The molecule has 0 aliphatic heterocycles. The molecule has 0 bridgehead atoms. The van der Waals surface area contributed by atoms with E-state index in [2.05, 4.69) is 27.8 Å². The number of hydrogen-bond acceptors (Lipinski definition) is 2. The Labute approximate surface area is 137 Å². The van der Waals surface area contributed by atoms with Crippen LogP contribution >= 0.6 is 0 Å². The molecule has 0 spiro atoms. The van der Waals surface area contributed by atoms with Gasteiger partial charge in [-0.1, -0.05) is 39.0 Å². The van der Waals surface area contributed by atoms with Crippen molar-refractivity contribution in [1.29, 1.82) is 0 Å². The fraction of sp³-hybridized carbons (Fsp3) is 0.500. The molecular formula is C18H27N3O2. The minimum Gasteiger partial charge on any atom is -0.391 e. The summed E-state index contributed by atoms with van der Waals surface area (Å²) in [7, 11) is 0. The molecule has 1 atom stereocenters. The van der Waals surface area contributed by atoms with Crippen molar-refractivity contribution in [3.8, 4) is 0 Å². The first kappa shape index (κ1) is 17.3. The summed E-state index contributed by atoms with van der Waals surface area (Å²) in [4.78, 5) is 15.0. The number of aryl methyl sites for hydroxylation is 1. The highest BCUT2D eigenvalue weighted by Crippen LogP contribution is 2.19. The molecule has 1 aromatic heterocycles. The third kappa shape index (κ3) is 4.99. The normalized spacial score (nSPS) is 13.0. The molecular weight excluding hydrogens is 290 g/mol. The molecule has 4 N–H and O–H groups in total. The van der Waals surface area contributed by atoms with Crippen LogP contribution in [0, 0.1) is 5.41 Å². The van der Waals surface area contributed by atoms with Crippen molar-refractivity contribution in [3.63, 3.8) is 0 Å². The first-order valence-electron chi connectivity index (χ1n) is 8.12. The number of aromatic amines is 1. The number of fused-ring (bicyclic) bond motifs is 1. The van der Waals surface area contributed by atoms with E-state index in [1.54, 1.807) is 0 Å². The van der Waals surface area contributed by atoms with Crippen LogP contribution in [-0.4, -0.2) is 35.3 Å². The fourth-order valence-electron chi connectivity index (χ4n) is 2.38. The molecule has 23 heavy (non-hydrogen) atoms. The third-order valence-corrected chi connectivity index (χ3v) is 4.04. The lowest BCUT2D eigenvalue weighted by Crippen LogP contribution is -2.43. The number of aliphatic hydroxyl groups excluding tert-OH is 1. The van der Waals surface area contributed by atoms with Crippen LogP contribution in [0.15, 0.2) is 30.5 Å². The number of H-pyrrole nitrogens is 1. The van der Waals surface area contributed by atoms with E-state index in [1.807, 2.05) is 39.1 Å². The average molecular weight is 317 g/mol. The molecule has 2 rings (SSSR count). The molecule has 5 heteroatoms. The molecule has 0 saturated heterocycles. The average Bonchev–Trinajstić information content (AvgIpc) is 2.91. The van der Waals surface area contributed by atoms with Gasteiger partial charge in [-0.3, -0.25) is 0 Å². The number of amides is 2. The van der Waals surface area contributed by atoms with Crippen LogP contribution in [0.25, 0.3) is 10.9 Å². The van der Waals surface area contributed by atoms with E-state index in [4.69, 9.17) is 0 Å². The second kappa shape index (κ2) is 7.51. The predicted molar refractivity (Wildman–Crippen MR) is 93.5 cm³/mol. The molecule has 0 radical (unpaired) electrons. The van der Waals surface area contributed by atoms with Crippen LogP contribution in [0.3, 0.4) is 0 Å². The minimum atomic E-state index is -0.556. The van der Waals surface area contributed by atoms with E-state index in [-0.39, 0.29) is 18.0 Å². The van der Waals surface area contributed by atoms with Crippen molar-refractivity contribution >= 4 is 16.9 Å². The van der Waals surface area contributed by atoms with Gasteiger partial charge in [0.15, 0.2) is 0 Å². The molecule has 1 unspecified atom stereocenters. The van der Waals surface area contributed by atoms with Crippen LogP contribution < -0.4 is 10.6 Å². The molecule has 1 aromatic carbocycles. The zero-order chi connectivity index (χ0) is 16.9. The summed E-state index contributed by atoms with van der Waals surface area (Å²) in [5, 5.41) is 16.7. The molecule has 0 aliphatic carbocycles. The van der Waals surface area contributed by atoms with Crippen molar-refractivity contribution in [2.75, 3.05) is 13.1 Å². The first-order valence-corrected chi connectivity index (χ1v) is 8.12. The number of carbonyl (C=O) groups excluding carboxylic acids is 1. The van der Waals surface area contributed by atoms with E-state index >= 15 is 0 Å². The summed E-state index contributed by atoms with van der Waals surface area (Å²) in [5.74, 6) is 0. The summed E-state index contributed by atoms with van der Waals surface area (Å²) < 4.78 is 0. The van der Waals surface area contributed by atoms with E-state index < -0.39 is 6.10 Å². The highest BCUT2D eigenvalue weighted by molar-refractivity contribution is 5.83. The van der Waals surface area contributed by atoms with Gasteiger partial charge in [0.2, 0.25) is 0 Å². The summed E-state index contributed by atoms with van der Waals surface area (Å²) >= 11 is 0. The van der Waals surface area contributed by atoms with Gasteiger partial charge in [-0.05, 0) is 29.9 Å². The van der Waals surface area contributed by atoms with Gasteiger partial charge >= 0.3 is 6.03 Å².